The van der Waals surface area contributed by atoms with Crippen LogP contribution in [0.2, 0.25) is 0 Å². The number of nitrogens with two attached hydrogens (primary N) is 1. The Labute approximate surface area is 381 Å². The lowest BCUT2D eigenvalue weighted by Gasteiger charge is -2.16. The Bertz CT molecular complexity index is 3240. The standard InChI is InChI=1S/C23H20N4O6S.C23H22N4O4S/c1-13-9-14(2)21(15(3)10-13)33-23-19(12-20(24-5)16(4)25-23)22(28)26-34(31,32)18-8-6-7-17(11-18)27(29)30;1-13-9-14(2)21(15(3)10-13)31-23-19(12-20(25-5)16(4)26-23)22(28)27-32(29,30)18-8-6-7-17(24)11-18/h6-12H,1-4H3,(H,26,28);6-12H,24H2,1-4H3,(H,27,28). The van der Waals surface area contributed by atoms with Gasteiger partial charge in [0.25, 0.3) is 37.5 Å². The first kappa shape index (κ1) is 48.8. The quantitative estimate of drug-likeness (QED) is 0.0475. The van der Waals surface area contributed by atoms with Crippen molar-refractivity contribution in [3.05, 3.63) is 174 Å². The number of anilines is 1. The van der Waals surface area contributed by atoms with Crippen molar-refractivity contribution in [2.75, 3.05) is 5.73 Å². The van der Waals surface area contributed by atoms with E-state index in [-0.39, 0.29) is 44.8 Å². The lowest BCUT2D eigenvalue weighted by molar-refractivity contribution is -0.385. The molecule has 20 heteroatoms. The molecular weight excluding hydrogens is 889 g/mol. The number of hydrogen-bond donors (Lipinski definition) is 3. The van der Waals surface area contributed by atoms with Crippen molar-refractivity contribution in [2.45, 2.75) is 65.2 Å². The van der Waals surface area contributed by atoms with E-state index in [2.05, 4.69) is 19.7 Å². The Kier molecular flexibility index (Phi) is 14.6. The summed E-state index contributed by atoms with van der Waals surface area (Å²) in [6.07, 6.45) is 0. The van der Waals surface area contributed by atoms with Crippen LogP contribution in [0.25, 0.3) is 9.69 Å². The van der Waals surface area contributed by atoms with Crippen molar-refractivity contribution >= 4 is 54.6 Å². The largest absolute Gasteiger partial charge is 0.438 e. The minimum atomic E-state index is -4.47. The van der Waals surface area contributed by atoms with Crippen LogP contribution in [-0.2, 0) is 20.0 Å². The van der Waals surface area contributed by atoms with Gasteiger partial charge in [-0.3, -0.25) is 19.7 Å². The van der Waals surface area contributed by atoms with Crippen molar-refractivity contribution in [1.82, 2.24) is 19.4 Å². The van der Waals surface area contributed by atoms with Crippen molar-refractivity contribution in [3.8, 4) is 23.3 Å². The molecule has 338 valence electrons. The SMILES string of the molecule is [C-]#[N+]c1cc(C(=O)NS(=O)(=O)c2cccc(N)c2)c(Oc2c(C)cc(C)cc2C)nc1C.[C-]#[N+]c1cc(C(=O)NS(=O)(=O)c2cccc([N+](=O)[O-])c2)c(Oc2c(C)cc(C)cc2C)nc1C. The van der Waals surface area contributed by atoms with Crippen LogP contribution >= 0.6 is 0 Å². The number of pyridine rings is 2. The normalized spacial score (nSPS) is 10.9. The predicted molar refractivity (Wildman–Crippen MR) is 245 cm³/mol. The van der Waals surface area contributed by atoms with Gasteiger partial charge < -0.3 is 15.2 Å². The Hall–Kier alpha value is -8.20. The number of nitrogen functional groups attached to an aromatic ring is 1. The van der Waals surface area contributed by atoms with E-state index >= 15 is 0 Å². The van der Waals surface area contributed by atoms with E-state index in [0.29, 0.717) is 22.9 Å². The van der Waals surface area contributed by atoms with Crippen LogP contribution in [0, 0.1) is 78.6 Å². The van der Waals surface area contributed by atoms with Gasteiger partial charge in [0, 0.05) is 29.2 Å². The number of aryl methyl sites for hydroxylation is 8. The Morgan fingerprint density at radius 1 is 0.621 bits per heavy atom. The third-order valence-corrected chi connectivity index (χ3v) is 12.3. The summed E-state index contributed by atoms with van der Waals surface area (Å²) in [6.45, 7) is 29.1. The number of rotatable bonds is 11. The maximum Gasteiger partial charge on any atom is 0.270 e. The predicted octanol–water partition coefficient (Wildman–Crippen LogP) is 9.04. The minimum Gasteiger partial charge on any atom is -0.438 e. The molecule has 0 spiro atoms. The molecule has 2 amide bonds. The van der Waals surface area contributed by atoms with Gasteiger partial charge in [0.1, 0.15) is 11.5 Å². The highest BCUT2D eigenvalue weighted by Crippen LogP contribution is 2.35. The summed E-state index contributed by atoms with van der Waals surface area (Å²) in [5, 5.41) is 11.0. The molecule has 0 saturated carbocycles. The van der Waals surface area contributed by atoms with Gasteiger partial charge in [-0.1, -0.05) is 47.5 Å². The van der Waals surface area contributed by atoms with Gasteiger partial charge in [-0.25, -0.2) is 45.9 Å². The van der Waals surface area contributed by atoms with E-state index in [4.69, 9.17) is 28.4 Å². The number of nitrogens with one attached hydrogen (secondary N) is 2. The van der Waals surface area contributed by atoms with E-state index in [1.807, 2.05) is 75.3 Å². The van der Waals surface area contributed by atoms with Crippen LogP contribution in [0.1, 0.15) is 65.5 Å². The zero-order valence-corrected chi connectivity index (χ0v) is 38.4. The van der Waals surface area contributed by atoms with Gasteiger partial charge in [-0.2, -0.15) is 0 Å². The van der Waals surface area contributed by atoms with Gasteiger partial charge in [-0.05, 0) is 114 Å². The van der Waals surface area contributed by atoms with E-state index in [9.17, 15) is 36.5 Å². The molecule has 0 bridgehead atoms. The van der Waals surface area contributed by atoms with Crippen molar-refractivity contribution in [2.24, 2.45) is 0 Å². The summed E-state index contributed by atoms with van der Waals surface area (Å²) < 4.78 is 66.7. The Morgan fingerprint density at radius 2 is 1.00 bits per heavy atom. The summed E-state index contributed by atoms with van der Waals surface area (Å²) in [4.78, 5) is 50.8. The number of sulfonamides is 2. The second-order valence-corrected chi connectivity index (χ2v) is 18.3. The fraction of sp³-hybridized carbons (Fsp3) is 0.174. The second kappa shape index (κ2) is 19.7. The summed E-state index contributed by atoms with van der Waals surface area (Å²) in [5.74, 6) is -1.38. The number of carbonyl (C=O) groups excluding carboxylic acids is 2. The zero-order chi connectivity index (χ0) is 48.8. The first-order chi connectivity index (χ1) is 30.9. The number of aromatic nitrogens is 2. The number of non-ortho nitro benzene ring substituents is 1. The molecule has 0 aliphatic carbocycles. The van der Waals surface area contributed by atoms with Crippen LogP contribution in [-0.4, -0.2) is 43.5 Å². The fourth-order valence-corrected chi connectivity index (χ4v) is 8.65. The highest BCUT2D eigenvalue weighted by molar-refractivity contribution is 7.90. The average Bonchev–Trinajstić information content (AvgIpc) is 3.23. The highest BCUT2D eigenvalue weighted by atomic mass is 32.2. The van der Waals surface area contributed by atoms with Crippen molar-refractivity contribution in [1.29, 1.82) is 0 Å². The van der Waals surface area contributed by atoms with Crippen LogP contribution in [0.4, 0.5) is 22.7 Å². The average molecular weight is 931 g/mol. The van der Waals surface area contributed by atoms with Crippen molar-refractivity contribution in [3.63, 3.8) is 0 Å². The number of nitro benzene ring substituents is 1. The number of hydrogen-bond acceptors (Lipinski definition) is 13. The maximum absolute atomic E-state index is 13.0. The lowest BCUT2D eigenvalue weighted by Crippen LogP contribution is -2.31. The van der Waals surface area contributed by atoms with Crippen LogP contribution in [0.3, 0.4) is 0 Å². The fourth-order valence-electron chi connectivity index (χ4n) is 6.62. The second-order valence-electron chi connectivity index (χ2n) is 15.0. The molecule has 0 atom stereocenters. The topological polar surface area (TPSA) is 249 Å². The van der Waals surface area contributed by atoms with E-state index in [0.717, 1.165) is 51.6 Å². The summed E-state index contributed by atoms with van der Waals surface area (Å²) in [5.41, 5.74) is 11.1. The molecule has 0 aliphatic rings. The Balaban J connectivity index is 0.000000248. The first-order valence-electron chi connectivity index (χ1n) is 19.5. The smallest absolute Gasteiger partial charge is 0.270 e. The summed E-state index contributed by atoms with van der Waals surface area (Å²) in [7, 11) is -8.68. The molecule has 6 rings (SSSR count). The van der Waals surface area contributed by atoms with Crippen LogP contribution in [0.15, 0.2) is 94.7 Å². The van der Waals surface area contributed by atoms with Crippen LogP contribution in [0.5, 0.6) is 23.3 Å². The molecule has 2 aromatic heterocycles. The van der Waals surface area contributed by atoms with Gasteiger partial charge in [0.15, 0.2) is 0 Å². The van der Waals surface area contributed by atoms with E-state index in [1.165, 1.54) is 42.5 Å². The molecule has 18 nitrogen and oxygen atoms in total. The number of benzene rings is 4. The first-order valence-corrected chi connectivity index (χ1v) is 22.4. The monoisotopic (exact) mass is 930 g/mol. The number of carbonyl (C=O) groups is 2. The van der Waals surface area contributed by atoms with Gasteiger partial charge in [0.05, 0.1) is 39.0 Å². The summed E-state index contributed by atoms with van der Waals surface area (Å²) in [6, 6.07) is 19.9. The molecule has 0 radical (unpaired) electrons. The minimum absolute atomic E-state index is 0.0441. The molecule has 4 aromatic carbocycles. The molecule has 2 heterocycles. The molecule has 0 aliphatic heterocycles. The molecular formula is C46H42N8O10S2. The van der Waals surface area contributed by atoms with Crippen molar-refractivity contribution < 1.29 is 40.8 Å². The molecule has 0 saturated heterocycles. The molecule has 6 aromatic rings. The molecule has 66 heavy (non-hydrogen) atoms. The van der Waals surface area contributed by atoms with Gasteiger partial charge in [-0.15, -0.1) is 0 Å². The lowest BCUT2D eigenvalue weighted by atomic mass is 10.1. The number of amides is 2. The van der Waals surface area contributed by atoms with Gasteiger partial charge in [0.2, 0.25) is 23.1 Å². The number of nitrogens with zero attached hydrogens (tertiary/aromatic N) is 5. The summed E-state index contributed by atoms with van der Waals surface area (Å²) >= 11 is 0. The third kappa shape index (κ3) is 11.3. The van der Waals surface area contributed by atoms with Crippen LogP contribution < -0.4 is 24.7 Å². The molecule has 0 fully saturated rings. The maximum atomic E-state index is 13.0. The van der Waals surface area contributed by atoms with E-state index < -0.39 is 47.4 Å². The zero-order valence-electron chi connectivity index (χ0n) is 36.8. The molecule has 0 unspecified atom stereocenters. The Morgan fingerprint density at radius 3 is 1.36 bits per heavy atom. The molecule has 4 N–H and O–H groups in total. The van der Waals surface area contributed by atoms with E-state index in [1.54, 1.807) is 13.8 Å². The number of ether oxygens (including phenoxy) is 2. The third-order valence-electron chi connectivity index (χ3n) is 9.60. The van der Waals surface area contributed by atoms with Gasteiger partial charge >= 0.3 is 0 Å². The highest BCUT2D eigenvalue weighted by Gasteiger charge is 2.27. The number of nitro groups is 1.